The smallest absolute Gasteiger partial charge is 0.157 e. The van der Waals surface area contributed by atoms with Crippen molar-refractivity contribution in [1.29, 1.82) is 0 Å². The van der Waals surface area contributed by atoms with E-state index in [1.54, 1.807) is 10.9 Å². The van der Waals surface area contributed by atoms with Gasteiger partial charge in [-0.25, -0.2) is 0 Å². The van der Waals surface area contributed by atoms with Crippen LogP contribution in [0.4, 0.5) is 0 Å². The number of nitrogens with two attached hydrogens (primary N) is 1. The zero-order valence-electron chi connectivity index (χ0n) is 10.6. The van der Waals surface area contributed by atoms with Gasteiger partial charge in [0.1, 0.15) is 0 Å². The molecule has 2 rings (SSSR count). The summed E-state index contributed by atoms with van der Waals surface area (Å²) in [6, 6.07) is -0.501. The first-order valence-corrected chi connectivity index (χ1v) is 6.35. The Bertz CT molecular complexity index is 399. The van der Waals surface area contributed by atoms with Crippen LogP contribution in [0.1, 0.15) is 44.2 Å². The van der Waals surface area contributed by atoms with Gasteiger partial charge < -0.3 is 5.73 Å². The van der Waals surface area contributed by atoms with Crippen LogP contribution in [-0.4, -0.2) is 15.6 Å². The summed E-state index contributed by atoms with van der Waals surface area (Å²) >= 11 is 0. The van der Waals surface area contributed by atoms with Gasteiger partial charge in [-0.05, 0) is 18.8 Å². The molecule has 3 unspecified atom stereocenters. The van der Waals surface area contributed by atoms with Crippen molar-refractivity contribution in [3.8, 4) is 0 Å². The molecule has 4 nitrogen and oxygen atoms in total. The number of rotatable bonds is 3. The summed E-state index contributed by atoms with van der Waals surface area (Å²) in [4.78, 5) is 12.3. The fourth-order valence-electron chi connectivity index (χ4n) is 2.71. The SMILES string of the molecule is CC1CCCC(C(=O)C(N)c2cnn(C)c2)C1. The Morgan fingerprint density at radius 1 is 1.59 bits per heavy atom. The van der Waals surface area contributed by atoms with Gasteiger partial charge in [-0.1, -0.05) is 19.8 Å². The van der Waals surface area contributed by atoms with E-state index >= 15 is 0 Å². The molecule has 0 spiro atoms. The summed E-state index contributed by atoms with van der Waals surface area (Å²) in [7, 11) is 1.84. The number of carbonyl (C=O) groups is 1. The predicted octanol–water partition coefficient (Wildman–Crippen LogP) is 1.82. The highest BCUT2D eigenvalue weighted by atomic mass is 16.1. The van der Waals surface area contributed by atoms with Crippen molar-refractivity contribution in [2.24, 2.45) is 24.6 Å². The highest BCUT2D eigenvalue weighted by Crippen LogP contribution is 2.31. The summed E-state index contributed by atoms with van der Waals surface area (Å²) < 4.78 is 1.69. The molecular formula is C13H21N3O. The lowest BCUT2D eigenvalue weighted by atomic mass is 9.78. The quantitative estimate of drug-likeness (QED) is 0.869. The van der Waals surface area contributed by atoms with E-state index in [1.165, 1.54) is 6.42 Å². The number of hydrogen-bond donors (Lipinski definition) is 1. The second-order valence-electron chi connectivity index (χ2n) is 5.30. The second-order valence-corrected chi connectivity index (χ2v) is 5.30. The average Bonchev–Trinajstić information content (AvgIpc) is 2.74. The molecule has 0 amide bonds. The molecule has 1 aliphatic carbocycles. The first kappa shape index (κ1) is 12.3. The summed E-state index contributed by atoms with van der Waals surface area (Å²) in [5.74, 6) is 0.984. The third-order valence-electron chi connectivity index (χ3n) is 3.73. The predicted molar refractivity (Wildman–Crippen MR) is 66.3 cm³/mol. The highest BCUT2D eigenvalue weighted by Gasteiger charge is 2.29. The van der Waals surface area contributed by atoms with E-state index in [0.29, 0.717) is 5.92 Å². The van der Waals surface area contributed by atoms with Gasteiger partial charge in [0, 0.05) is 24.7 Å². The number of aromatic nitrogens is 2. The Kier molecular flexibility index (Phi) is 3.62. The molecule has 1 heterocycles. The third-order valence-corrected chi connectivity index (χ3v) is 3.73. The van der Waals surface area contributed by atoms with Gasteiger partial charge >= 0.3 is 0 Å². The van der Waals surface area contributed by atoms with Crippen LogP contribution in [0.25, 0.3) is 0 Å². The van der Waals surface area contributed by atoms with Crippen LogP contribution in [-0.2, 0) is 11.8 Å². The van der Waals surface area contributed by atoms with E-state index in [4.69, 9.17) is 5.73 Å². The van der Waals surface area contributed by atoms with Crippen molar-refractivity contribution >= 4 is 5.78 Å². The molecule has 1 aliphatic rings. The zero-order chi connectivity index (χ0) is 12.4. The Balaban J connectivity index is 2.04. The van der Waals surface area contributed by atoms with Gasteiger partial charge in [0.15, 0.2) is 5.78 Å². The average molecular weight is 235 g/mol. The van der Waals surface area contributed by atoms with Crippen LogP contribution in [0.2, 0.25) is 0 Å². The summed E-state index contributed by atoms with van der Waals surface area (Å²) in [6.45, 7) is 2.22. The van der Waals surface area contributed by atoms with Crippen LogP contribution in [0, 0.1) is 11.8 Å². The topological polar surface area (TPSA) is 60.9 Å². The summed E-state index contributed by atoms with van der Waals surface area (Å²) in [5.41, 5.74) is 6.85. The Labute approximate surface area is 102 Å². The Hall–Kier alpha value is -1.16. The number of aryl methyl sites for hydroxylation is 1. The molecular weight excluding hydrogens is 214 g/mol. The number of hydrogen-bond acceptors (Lipinski definition) is 3. The molecule has 1 aromatic heterocycles. The van der Waals surface area contributed by atoms with Gasteiger partial charge in [0.2, 0.25) is 0 Å². The zero-order valence-corrected chi connectivity index (χ0v) is 10.6. The lowest BCUT2D eigenvalue weighted by Crippen LogP contribution is -2.31. The largest absolute Gasteiger partial charge is 0.318 e. The molecule has 0 aliphatic heterocycles. The highest BCUT2D eigenvalue weighted by molar-refractivity contribution is 5.87. The summed E-state index contributed by atoms with van der Waals surface area (Å²) in [6.07, 6.45) is 7.90. The van der Waals surface area contributed by atoms with Crippen LogP contribution < -0.4 is 5.73 Å². The van der Waals surface area contributed by atoms with Gasteiger partial charge in [0.05, 0.1) is 12.2 Å². The van der Waals surface area contributed by atoms with E-state index in [9.17, 15) is 4.79 Å². The van der Waals surface area contributed by atoms with E-state index in [-0.39, 0.29) is 11.7 Å². The molecule has 2 N–H and O–H groups in total. The lowest BCUT2D eigenvalue weighted by molar-refractivity contribution is -0.125. The van der Waals surface area contributed by atoms with Crippen molar-refractivity contribution in [3.05, 3.63) is 18.0 Å². The Morgan fingerprint density at radius 2 is 2.35 bits per heavy atom. The minimum Gasteiger partial charge on any atom is -0.318 e. The summed E-state index contributed by atoms with van der Waals surface area (Å²) in [5, 5.41) is 4.06. The fraction of sp³-hybridized carbons (Fsp3) is 0.692. The maximum absolute atomic E-state index is 12.3. The number of nitrogens with zero attached hydrogens (tertiary/aromatic N) is 2. The Morgan fingerprint density at radius 3 is 2.94 bits per heavy atom. The third kappa shape index (κ3) is 2.75. The van der Waals surface area contributed by atoms with E-state index in [0.717, 1.165) is 24.8 Å². The minimum atomic E-state index is -0.501. The van der Waals surface area contributed by atoms with Gasteiger partial charge in [0.25, 0.3) is 0 Å². The maximum Gasteiger partial charge on any atom is 0.157 e. The monoisotopic (exact) mass is 235 g/mol. The van der Waals surface area contributed by atoms with Crippen molar-refractivity contribution in [1.82, 2.24) is 9.78 Å². The normalized spacial score (nSPS) is 26.8. The molecule has 1 aromatic rings. The van der Waals surface area contributed by atoms with Crippen LogP contribution >= 0.6 is 0 Å². The molecule has 94 valence electrons. The van der Waals surface area contributed by atoms with E-state index < -0.39 is 6.04 Å². The molecule has 3 atom stereocenters. The van der Waals surface area contributed by atoms with Crippen molar-refractivity contribution in [2.45, 2.75) is 38.6 Å². The van der Waals surface area contributed by atoms with E-state index in [1.807, 2.05) is 13.2 Å². The van der Waals surface area contributed by atoms with Crippen molar-refractivity contribution in [3.63, 3.8) is 0 Å². The molecule has 1 fully saturated rings. The fourth-order valence-corrected chi connectivity index (χ4v) is 2.71. The molecule has 17 heavy (non-hydrogen) atoms. The number of carbonyl (C=O) groups excluding carboxylic acids is 1. The molecule has 4 heteroatoms. The van der Waals surface area contributed by atoms with Crippen LogP contribution in [0.15, 0.2) is 12.4 Å². The maximum atomic E-state index is 12.3. The van der Waals surface area contributed by atoms with E-state index in [2.05, 4.69) is 12.0 Å². The second kappa shape index (κ2) is 5.00. The number of Topliss-reactive ketones (excluding diaryl/α,β-unsaturated/α-hetero) is 1. The molecule has 0 radical (unpaired) electrons. The molecule has 0 aromatic carbocycles. The van der Waals surface area contributed by atoms with Crippen LogP contribution in [0.3, 0.4) is 0 Å². The minimum absolute atomic E-state index is 0.147. The van der Waals surface area contributed by atoms with Crippen molar-refractivity contribution < 1.29 is 4.79 Å². The van der Waals surface area contributed by atoms with Gasteiger partial charge in [-0.3, -0.25) is 9.48 Å². The molecule has 0 saturated heterocycles. The lowest BCUT2D eigenvalue weighted by Gasteiger charge is -2.27. The first-order chi connectivity index (χ1) is 8.08. The van der Waals surface area contributed by atoms with Crippen LogP contribution in [0.5, 0.6) is 0 Å². The number of ketones is 1. The first-order valence-electron chi connectivity index (χ1n) is 6.35. The van der Waals surface area contributed by atoms with Crippen molar-refractivity contribution in [2.75, 3.05) is 0 Å². The van der Waals surface area contributed by atoms with Gasteiger partial charge in [-0.2, -0.15) is 5.10 Å². The molecule has 1 saturated carbocycles. The molecule has 0 bridgehead atoms. The standard InChI is InChI=1S/C13H21N3O/c1-9-4-3-5-10(6-9)13(17)12(14)11-7-15-16(2)8-11/h7-10,12H,3-6,14H2,1-2H3. The van der Waals surface area contributed by atoms with Gasteiger partial charge in [-0.15, -0.1) is 0 Å².